The van der Waals surface area contributed by atoms with Gasteiger partial charge in [0.1, 0.15) is 0 Å². The van der Waals surface area contributed by atoms with Gasteiger partial charge in [0.05, 0.1) is 0 Å². The Kier molecular flexibility index (Phi) is 1.73. The van der Waals surface area contributed by atoms with Gasteiger partial charge in [-0.25, -0.2) is 0 Å². The molecule has 0 aromatic heterocycles. The van der Waals surface area contributed by atoms with Crippen LogP contribution >= 0.6 is 0 Å². The van der Waals surface area contributed by atoms with Crippen molar-refractivity contribution in [1.29, 1.82) is 0 Å². The molecule has 4 nitrogen and oxygen atoms in total. The van der Waals surface area contributed by atoms with Gasteiger partial charge in [0.25, 0.3) is 11.8 Å². The van der Waals surface area contributed by atoms with Crippen molar-refractivity contribution >= 4 is 11.8 Å². The van der Waals surface area contributed by atoms with Crippen molar-refractivity contribution in [2.45, 2.75) is 24.8 Å². The average Bonchev–Trinajstić information content (AvgIpc) is 2.33. The van der Waals surface area contributed by atoms with Gasteiger partial charge in [-0.2, -0.15) is 0 Å². The van der Waals surface area contributed by atoms with Gasteiger partial charge in [-0.1, -0.05) is 0 Å². The fraction of sp³-hybridized carbons (Fsp3) is 0.556. The molecule has 4 heteroatoms. The highest BCUT2D eigenvalue weighted by Gasteiger charge is 2.38. The third kappa shape index (κ3) is 1.37. The van der Waals surface area contributed by atoms with Crippen LogP contribution in [0.4, 0.5) is 0 Å². The third-order valence-electron chi connectivity index (χ3n) is 2.72. The molecular weight excluding hydrogens is 168 g/mol. The van der Waals surface area contributed by atoms with Crippen molar-refractivity contribution in [2.24, 2.45) is 5.73 Å². The number of imide groups is 1. The van der Waals surface area contributed by atoms with Gasteiger partial charge in [0.15, 0.2) is 0 Å². The Morgan fingerprint density at radius 1 is 1.31 bits per heavy atom. The predicted molar refractivity (Wildman–Crippen MR) is 46.6 cm³/mol. The monoisotopic (exact) mass is 180 g/mol. The van der Waals surface area contributed by atoms with Crippen LogP contribution in [0, 0.1) is 0 Å². The van der Waals surface area contributed by atoms with Gasteiger partial charge in [-0.15, -0.1) is 0 Å². The van der Waals surface area contributed by atoms with Gasteiger partial charge in [0, 0.05) is 24.2 Å². The first kappa shape index (κ1) is 8.44. The summed E-state index contributed by atoms with van der Waals surface area (Å²) in [6.45, 7) is 0.373. The normalized spacial score (nSPS) is 25.2. The Labute approximate surface area is 76.4 Å². The molecule has 2 rings (SSSR count). The maximum atomic E-state index is 11.2. The zero-order chi connectivity index (χ0) is 9.47. The van der Waals surface area contributed by atoms with Crippen LogP contribution < -0.4 is 5.73 Å². The molecule has 1 fully saturated rings. The molecule has 0 unspecified atom stereocenters. The number of carbonyl (C=O) groups excluding carboxylic acids is 2. The van der Waals surface area contributed by atoms with Crippen molar-refractivity contribution in [3.8, 4) is 0 Å². The Hall–Kier alpha value is -1.16. The Balaban J connectivity index is 2.02. The van der Waals surface area contributed by atoms with E-state index in [0.29, 0.717) is 6.54 Å². The predicted octanol–water partition coefficient (Wildman–Crippen LogP) is -0.207. The number of hydrogen-bond acceptors (Lipinski definition) is 3. The molecule has 1 aliphatic heterocycles. The SMILES string of the molecule is NC1(CN2C(=O)C=CC2=O)CCC1. The molecule has 2 N–H and O–H groups in total. The quantitative estimate of drug-likeness (QED) is 0.598. The molecule has 2 aliphatic rings. The molecule has 0 aromatic rings. The summed E-state index contributed by atoms with van der Waals surface area (Å²) in [6.07, 6.45) is 5.50. The summed E-state index contributed by atoms with van der Waals surface area (Å²) in [5, 5.41) is 0. The van der Waals surface area contributed by atoms with Crippen LogP contribution in [0.3, 0.4) is 0 Å². The summed E-state index contributed by atoms with van der Waals surface area (Å²) in [4.78, 5) is 23.6. The van der Waals surface area contributed by atoms with Crippen molar-refractivity contribution < 1.29 is 9.59 Å². The average molecular weight is 180 g/mol. The molecule has 70 valence electrons. The highest BCUT2D eigenvalue weighted by molar-refractivity contribution is 6.12. The lowest BCUT2D eigenvalue weighted by Crippen LogP contribution is -2.56. The Morgan fingerprint density at radius 3 is 2.23 bits per heavy atom. The minimum absolute atomic E-state index is 0.235. The van der Waals surface area contributed by atoms with Gasteiger partial charge >= 0.3 is 0 Å². The summed E-state index contributed by atoms with van der Waals surface area (Å²) >= 11 is 0. The second-order valence-corrected chi connectivity index (χ2v) is 3.81. The molecule has 0 aromatic carbocycles. The molecule has 0 atom stereocenters. The third-order valence-corrected chi connectivity index (χ3v) is 2.72. The van der Waals surface area contributed by atoms with Crippen LogP contribution in [0.5, 0.6) is 0 Å². The van der Waals surface area contributed by atoms with Gasteiger partial charge in [-0.05, 0) is 19.3 Å². The lowest BCUT2D eigenvalue weighted by molar-refractivity contribution is -0.138. The van der Waals surface area contributed by atoms with Crippen LogP contribution in [0.25, 0.3) is 0 Å². The lowest BCUT2D eigenvalue weighted by Gasteiger charge is -2.40. The zero-order valence-corrected chi connectivity index (χ0v) is 7.32. The largest absolute Gasteiger partial charge is 0.324 e. The van der Waals surface area contributed by atoms with Crippen LogP contribution in [0.2, 0.25) is 0 Å². The summed E-state index contributed by atoms with van der Waals surface area (Å²) in [5.74, 6) is -0.469. The second-order valence-electron chi connectivity index (χ2n) is 3.81. The van der Waals surface area contributed by atoms with E-state index in [1.54, 1.807) is 0 Å². The topological polar surface area (TPSA) is 63.4 Å². The van der Waals surface area contributed by atoms with Crippen LogP contribution in [0.1, 0.15) is 19.3 Å². The maximum Gasteiger partial charge on any atom is 0.253 e. The summed E-state index contributed by atoms with van der Waals surface area (Å²) in [5.41, 5.74) is 5.62. The van der Waals surface area contributed by atoms with E-state index in [0.717, 1.165) is 19.3 Å². The molecule has 2 amide bonds. The standard InChI is InChI=1S/C9H12N2O2/c10-9(4-1-5-9)6-11-7(12)2-3-8(11)13/h2-3H,1,4-6,10H2. The molecular formula is C9H12N2O2. The van der Waals surface area contributed by atoms with E-state index in [-0.39, 0.29) is 17.4 Å². The highest BCUT2D eigenvalue weighted by Crippen LogP contribution is 2.30. The fourth-order valence-corrected chi connectivity index (χ4v) is 1.69. The number of nitrogens with two attached hydrogens (primary N) is 1. The highest BCUT2D eigenvalue weighted by atomic mass is 16.2. The zero-order valence-electron chi connectivity index (χ0n) is 7.32. The van der Waals surface area contributed by atoms with Crippen LogP contribution in [0.15, 0.2) is 12.2 Å². The van der Waals surface area contributed by atoms with E-state index >= 15 is 0 Å². The van der Waals surface area contributed by atoms with E-state index < -0.39 is 0 Å². The Morgan fingerprint density at radius 2 is 1.85 bits per heavy atom. The van der Waals surface area contributed by atoms with E-state index in [2.05, 4.69) is 0 Å². The van der Waals surface area contributed by atoms with E-state index in [4.69, 9.17) is 5.73 Å². The van der Waals surface area contributed by atoms with Gasteiger partial charge in [0.2, 0.25) is 0 Å². The van der Waals surface area contributed by atoms with Crippen molar-refractivity contribution in [3.05, 3.63) is 12.2 Å². The molecule has 0 spiro atoms. The molecule has 1 aliphatic carbocycles. The smallest absolute Gasteiger partial charge is 0.253 e. The summed E-state index contributed by atoms with van der Waals surface area (Å²) in [6, 6.07) is 0. The molecule has 1 heterocycles. The van der Waals surface area contributed by atoms with Crippen molar-refractivity contribution in [2.75, 3.05) is 6.54 Å². The molecule has 0 saturated heterocycles. The van der Waals surface area contributed by atoms with Gasteiger partial charge < -0.3 is 5.73 Å². The lowest BCUT2D eigenvalue weighted by atomic mass is 9.77. The van der Waals surface area contributed by atoms with Crippen LogP contribution in [-0.2, 0) is 9.59 Å². The van der Waals surface area contributed by atoms with E-state index in [9.17, 15) is 9.59 Å². The number of nitrogens with zero attached hydrogens (tertiary/aromatic N) is 1. The second kappa shape index (κ2) is 2.67. The minimum Gasteiger partial charge on any atom is -0.324 e. The number of amides is 2. The van der Waals surface area contributed by atoms with Crippen molar-refractivity contribution in [3.63, 3.8) is 0 Å². The fourth-order valence-electron chi connectivity index (χ4n) is 1.69. The van der Waals surface area contributed by atoms with Crippen LogP contribution in [-0.4, -0.2) is 28.8 Å². The number of rotatable bonds is 2. The number of carbonyl (C=O) groups is 2. The minimum atomic E-state index is -0.308. The van der Waals surface area contributed by atoms with E-state index in [1.165, 1.54) is 17.1 Å². The summed E-state index contributed by atoms with van der Waals surface area (Å²) < 4.78 is 0. The van der Waals surface area contributed by atoms with Crippen molar-refractivity contribution in [1.82, 2.24) is 4.90 Å². The first-order valence-electron chi connectivity index (χ1n) is 4.43. The first-order valence-corrected chi connectivity index (χ1v) is 4.43. The number of hydrogen-bond donors (Lipinski definition) is 1. The molecule has 1 saturated carbocycles. The summed E-state index contributed by atoms with van der Waals surface area (Å²) in [7, 11) is 0. The first-order chi connectivity index (χ1) is 6.11. The Bertz CT molecular complexity index is 274. The van der Waals surface area contributed by atoms with Gasteiger partial charge in [-0.3, -0.25) is 14.5 Å². The molecule has 0 radical (unpaired) electrons. The van der Waals surface area contributed by atoms with E-state index in [1.807, 2.05) is 0 Å². The molecule has 0 bridgehead atoms. The maximum absolute atomic E-state index is 11.2. The molecule has 13 heavy (non-hydrogen) atoms.